The second-order valence-corrected chi connectivity index (χ2v) is 23.0. The van der Waals surface area contributed by atoms with Crippen molar-refractivity contribution in [1.29, 1.82) is 0 Å². The maximum atomic E-state index is 14.4. The van der Waals surface area contributed by atoms with Gasteiger partial charge in [-0.3, -0.25) is 4.79 Å². The first-order valence-electron chi connectivity index (χ1n) is 15.3. The zero-order valence-corrected chi connectivity index (χ0v) is 28.6. The second kappa shape index (κ2) is 12.0. The molecule has 0 spiro atoms. The summed E-state index contributed by atoms with van der Waals surface area (Å²) in [6, 6.07) is 20.1. The predicted molar refractivity (Wildman–Crippen MR) is 170 cm³/mol. The maximum absolute atomic E-state index is 14.4. The van der Waals surface area contributed by atoms with Gasteiger partial charge in [-0.2, -0.15) is 0 Å². The Hall–Kier alpha value is -1.98. The Kier molecular flexibility index (Phi) is 9.32. The van der Waals surface area contributed by atoms with E-state index in [2.05, 4.69) is 54.6 Å². The highest BCUT2D eigenvalue weighted by molar-refractivity contribution is 6.74. The van der Waals surface area contributed by atoms with Gasteiger partial charge in [0, 0.05) is 6.54 Å². The minimum atomic E-state index is -2.34. The number of aliphatic hydroxyl groups is 1. The van der Waals surface area contributed by atoms with Gasteiger partial charge in [-0.15, -0.1) is 0 Å². The minimum Gasteiger partial charge on any atom is -0.497 e. The fourth-order valence-corrected chi connectivity index (χ4v) is 10.6. The number of amides is 1. The number of carbonyl (C=O) groups is 1. The zero-order chi connectivity index (χ0) is 30.2. The minimum absolute atomic E-state index is 0.0479. The normalized spacial score (nSPS) is 26.9. The third-order valence-electron chi connectivity index (χ3n) is 10.4. The number of hydrogen-bond donors (Lipinski definition) is 1. The molecule has 6 nitrogen and oxygen atoms in total. The summed E-state index contributed by atoms with van der Waals surface area (Å²) in [4.78, 5) is 16.3. The van der Waals surface area contributed by atoms with Crippen LogP contribution in [0.5, 0.6) is 5.75 Å². The van der Waals surface area contributed by atoms with Crippen LogP contribution in [0.4, 0.5) is 0 Å². The molecule has 4 rings (SSSR count). The van der Waals surface area contributed by atoms with Gasteiger partial charge in [0.25, 0.3) is 0 Å². The first kappa shape index (κ1) is 31.9. The van der Waals surface area contributed by atoms with E-state index in [1.807, 2.05) is 59.5 Å². The van der Waals surface area contributed by atoms with Crippen LogP contribution in [0, 0.1) is 5.92 Å². The summed E-state index contributed by atoms with van der Waals surface area (Å²) in [6.07, 6.45) is -0.625. The smallest absolute Gasteiger partial charge is 0.229 e. The van der Waals surface area contributed by atoms with Crippen molar-refractivity contribution in [2.75, 3.05) is 7.11 Å². The summed E-state index contributed by atoms with van der Waals surface area (Å²) in [7, 11) is -2.91. The molecule has 226 valence electrons. The quantitative estimate of drug-likeness (QED) is 0.280. The zero-order valence-electron chi connectivity index (χ0n) is 26.6. The van der Waals surface area contributed by atoms with Crippen LogP contribution in [-0.2, 0) is 25.8 Å². The van der Waals surface area contributed by atoms with Gasteiger partial charge in [-0.25, -0.2) is 0 Å². The van der Waals surface area contributed by atoms with Gasteiger partial charge >= 0.3 is 0 Å². The Morgan fingerprint density at radius 2 is 1.54 bits per heavy atom. The van der Waals surface area contributed by atoms with Gasteiger partial charge in [-0.1, -0.05) is 84.0 Å². The Morgan fingerprint density at radius 1 is 0.951 bits per heavy atom. The molecule has 2 bridgehead atoms. The van der Waals surface area contributed by atoms with Crippen molar-refractivity contribution in [3.63, 3.8) is 0 Å². The van der Waals surface area contributed by atoms with E-state index in [-0.39, 0.29) is 16.9 Å². The molecule has 1 N–H and O–H groups in total. The van der Waals surface area contributed by atoms with E-state index >= 15 is 0 Å². The largest absolute Gasteiger partial charge is 0.497 e. The molecule has 2 fully saturated rings. The first-order valence-corrected chi connectivity index (χ1v) is 20.8. The van der Waals surface area contributed by atoms with Gasteiger partial charge in [0.05, 0.1) is 25.2 Å². The van der Waals surface area contributed by atoms with Gasteiger partial charge in [0.1, 0.15) is 17.5 Å². The second-order valence-electron chi connectivity index (χ2n) is 13.5. The molecule has 1 aliphatic carbocycles. The van der Waals surface area contributed by atoms with Crippen LogP contribution in [0.2, 0.25) is 36.3 Å². The van der Waals surface area contributed by atoms with Crippen LogP contribution in [0.1, 0.15) is 59.1 Å². The number of rotatable bonds is 11. The molecule has 1 heterocycles. The summed E-state index contributed by atoms with van der Waals surface area (Å²) in [5.41, 5.74) is 0.375. The molecule has 1 aliphatic heterocycles. The number of fused-ring (bicyclic) bond motifs is 2. The molecular formula is C33H51NO5Si2. The van der Waals surface area contributed by atoms with Crippen molar-refractivity contribution in [3.8, 4) is 5.75 Å². The maximum Gasteiger partial charge on any atom is 0.229 e. The van der Waals surface area contributed by atoms with Crippen LogP contribution < -0.4 is 4.74 Å². The Bertz CT molecular complexity index is 1170. The topological polar surface area (TPSA) is 68.2 Å². The third kappa shape index (κ3) is 5.83. The summed E-state index contributed by atoms with van der Waals surface area (Å²) >= 11 is 0. The van der Waals surface area contributed by atoms with E-state index in [0.29, 0.717) is 13.0 Å². The highest BCUT2D eigenvalue weighted by atomic mass is 28.4. The standard InChI is InChI=1S/C33H51NO5Si2/c1-10-41(11-2,12-3)39-30-29(38-40(8,9)32(4,5)6)27-22-28(33(30,36)25-16-14-13-15-17-25)34(31(27)35)23-24-18-20-26(37-7)21-19-24/h13-21,27-30,36H,10-12,22-23H2,1-9H3/t27-,28+,29+,30-,33-/m1/s1. The van der Waals surface area contributed by atoms with Crippen LogP contribution in [0.3, 0.4) is 0 Å². The van der Waals surface area contributed by atoms with Crippen molar-refractivity contribution < 1.29 is 23.5 Å². The fraction of sp³-hybridized carbons (Fsp3) is 0.606. The molecule has 0 unspecified atom stereocenters. The summed E-state index contributed by atoms with van der Waals surface area (Å²) < 4.78 is 19.9. The summed E-state index contributed by atoms with van der Waals surface area (Å²) in [5.74, 6) is 0.461. The molecule has 41 heavy (non-hydrogen) atoms. The van der Waals surface area contributed by atoms with Crippen LogP contribution in [0.25, 0.3) is 0 Å². The molecule has 1 saturated heterocycles. The van der Waals surface area contributed by atoms with Gasteiger partial charge in [0.15, 0.2) is 16.6 Å². The highest BCUT2D eigenvalue weighted by Crippen LogP contribution is 2.53. The molecular weight excluding hydrogens is 547 g/mol. The molecule has 0 radical (unpaired) electrons. The number of methoxy groups -OCH3 is 1. The fourth-order valence-electron chi connectivity index (χ4n) is 6.44. The van der Waals surface area contributed by atoms with E-state index in [4.69, 9.17) is 13.6 Å². The van der Waals surface area contributed by atoms with Gasteiger partial charge < -0.3 is 23.6 Å². The molecule has 1 amide bonds. The van der Waals surface area contributed by atoms with E-state index in [0.717, 1.165) is 35.0 Å². The average molecular weight is 598 g/mol. The lowest BCUT2D eigenvalue weighted by molar-refractivity contribution is -0.170. The SMILES string of the molecule is CC[Si](CC)(CC)O[C@@H]1[C@@H](O[Si](C)(C)C(C)(C)C)[C@H]2C[C@H](N(Cc3ccc(OC)cc3)C2=O)[C@]1(O)c1ccccc1. The molecule has 8 heteroatoms. The van der Waals surface area contributed by atoms with Crippen LogP contribution in [0.15, 0.2) is 54.6 Å². The predicted octanol–water partition coefficient (Wildman–Crippen LogP) is 7.09. The first-order chi connectivity index (χ1) is 19.3. The molecule has 2 aromatic carbocycles. The third-order valence-corrected chi connectivity index (χ3v) is 19.5. The van der Waals surface area contributed by atoms with Crippen LogP contribution in [-0.4, -0.2) is 57.9 Å². The Labute approximate surface area is 249 Å². The molecule has 0 aromatic heterocycles. The highest BCUT2D eigenvalue weighted by Gasteiger charge is 2.66. The summed E-state index contributed by atoms with van der Waals surface area (Å²) in [5, 5.41) is 13.1. The lowest BCUT2D eigenvalue weighted by atomic mass is 9.70. The van der Waals surface area contributed by atoms with E-state index < -0.39 is 40.5 Å². The van der Waals surface area contributed by atoms with Crippen LogP contribution >= 0.6 is 0 Å². The van der Waals surface area contributed by atoms with Gasteiger partial charge in [0.2, 0.25) is 5.91 Å². The number of carbonyl (C=O) groups excluding carboxylic acids is 1. The average Bonchev–Trinajstić information content (AvgIpc) is 3.26. The van der Waals surface area contributed by atoms with Crippen molar-refractivity contribution in [2.45, 2.75) is 115 Å². The van der Waals surface area contributed by atoms with Crippen molar-refractivity contribution in [1.82, 2.24) is 4.90 Å². The summed E-state index contributed by atoms with van der Waals surface area (Å²) in [6.45, 7) is 18.2. The lowest BCUT2D eigenvalue weighted by Gasteiger charge is -2.53. The van der Waals surface area contributed by atoms with E-state index in [1.54, 1.807) is 7.11 Å². The number of ether oxygens (including phenoxy) is 1. The van der Waals surface area contributed by atoms with Gasteiger partial charge in [-0.05, 0) is 65.9 Å². The molecule has 5 atom stereocenters. The van der Waals surface area contributed by atoms with Crippen molar-refractivity contribution >= 4 is 22.5 Å². The number of hydrogen-bond acceptors (Lipinski definition) is 5. The number of benzene rings is 2. The number of likely N-dealkylation sites (tertiary alicyclic amines) is 1. The van der Waals surface area contributed by atoms with Crippen molar-refractivity contribution in [2.24, 2.45) is 5.92 Å². The number of nitrogens with zero attached hydrogens (tertiary/aromatic N) is 1. The Morgan fingerprint density at radius 3 is 2.05 bits per heavy atom. The molecule has 1 saturated carbocycles. The Balaban J connectivity index is 1.89. The monoisotopic (exact) mass is 597 g/mol. The van der Waals surface area contributed by atoms with Crippen molar-refractivity contribution in [3.05, 3.63) is 65.7 Å². The van der Waals surface area contributed by atoms with E-state index in [9.17, 15) is 9.90 Å². The lowest BCUT2D eigenvalue weighted by Crippen LogP contribution is -2.66. The molecule has 2 aliphatic rings. The van der Waals surface area contributed by atoms with E-state index in [1.165, 1.54) is 0 Å². The molecule has 2 aromatic rings.